The summed E-state index contributed by atoms with van der Waals surface area (Å²) in [5.41, 5.74) is 6.50. The Labute approximate surface area is 123 Å². The van der Waals surface area contributed by atoms with Crippen molar-refractivity contribution in [1.29, 1.82) is 0 Å². The highest BCUT2D eigenvalue weighted by atomic mass is 16.6. The van der Waals surface area contributed by atoms with E-state index in [9.17, 15) is 9.90 Å². The third kappa shape index (κ3) is 2.82. The molecule has 1 aromatic rings. The van der Waals surface area contributed by atoms with E-state index in [1.165, 1.54) is 0 Å². The van der Waals surface area contributed by atoms with Crippen LogP contribution in [0.25, 0.3) is 0 Å². The number of hydrogen-bond donors (Lipinski definition) is 2. The van der Waals surface area contributed by atoms with Crippen LogP contribution in [0.5, 0.6) is 11.5 Å². The Balaban J connectivity index is 1.74. The van der Waals surface area contributed by atoms with Gasteiger partial charge in [-0.05, 0) is 30.5 Å². The maximum Gasteiger partial charge on any atom is 0.242 e. The summed E-state index contributed by atoms with van der Waals surface area (Å²) in [6, 6.07) is 4.19. The quantitative estimate of drug-likeness (QED) is 0.844. The van der Waals surface area contributed by atoms with Crippen LogP contribution >= 0.6 is 0 Å². The number of carbonyl (C=O) groups is 1. The van der Waals surface area contributed by atoms with E-state index in [1.54, 1.807) is 23.1 Å². The predicted molar refractivity (Wildman–Crippen MR) is 76.2 cm³/mol. The van der Waals surface area contributed by atoms with Crippen LogP contribution in [0.4, 0.5) is 0 Å². The Morgan fingerprint density at radius 3 is 2.57 bits per heavy atom. The molecule has 6 heteroatoms. The molecule has 0 aromatic heterocycles. The SMILES string of the molecule is N[C@H](C(=O)N1CCCC1)[C@H](O)c1ccc2c(c1)OCCO2. The van der Waals surface area contributed by atoms with Gasteiger partial charge in [-0.2, -0.15) is 0 Å². The predicted octanol–water partition coefficient (Wildman–Crippen LogP) is 0.441. The van der Waals surface area contributed by atoms with Crippen LogP contribution in [-0.4, -0.2) is 48.3 Å². The Kier molecular flexibility index (Phi) is 3.98. The molecular formula is C15H20N2O4. The van der Waals surface area contributed by atoms with Crippen LogP contribution in [0.3, 0.4) is 0 Å². The summed E-state index contributed by atoms with van der Waals surface area (Å²) in [7, 11) is 0. The summed E-state index contributed by atoms with van der Waals surface area (Å²) in [4.78, 5) is 13.9. The van der Waals surface area contributed by atoms with Crippen molar-refractivity contribution in [2.75, 3.05) is 26.3 Å². The Bertz CT molecular complexity index is 528. The van der Waals surface area contributed by atoms with Crippen molar-refractivity contribution in [3.05, 3.63) is 23.8 Å². The van der Waals surface area contributed by atoms with E-state index in [0.29, 0.717) is 30.3 Å². The van der Waals surface area contributed by atoms with Gasteiger partial charge >= 0.3 is 0 Å². The number of aliphatic hydroxyl groups is 1. The van der Waals surface area contributed by atoms with Crippen molar-refractivity contribution in [1.82, 2.24) is 4.90 Å². The van der Waals surface area contributed by atoms with E-state index in [0.717, 1.165) is 25.9 Å². The average Bonchev–Trinajstić information content (AvgIpc) is 3.06. The van der Waals surface area contributed by atoms with Crippen LogP contribution in [0, 0.1) is 0 Å². The van der Waals surface area contributed by atoms with E-state index in [1.807, 2.05) is 0 Å². The molecular weight excluding hydrogens is 272 g/mol. The fourth-order valence-corrected chi connectivity index (χ4v) is 2.73. The summed E-state index contributed by atoms with van der Waals surface area (Å²) in [5, 5.41) is 10.4. The number of likely N-dealkylation sites (tertiary alicyclic amines) is 1. The van der Waals surface area contributed by atoms with Gasteiger partial charge in [0.2, 0.25) is 5.91 Å². The van der Waals surface area contributed by atoms with Gasteiger partial charge in [0, 0.05) is 13.1 Å². The molecule has 2 aliphatic heterocycles. The van der Waals surface area contributed by atoms with E-state index in [4.69, 9.17) is 15.2 Å². The highest BCUT2D eigenvalue weighted by Gasteiger charge is 2.30. The van der Waals surface area contributed by atoms with Gasteiger partial charge in [0.1, 0.15) is 25.4 Å². The molecule has 0 aliphatic carbocycles. The average molecular weight is 292 g/mol. The Hall–Kier alpha value is -1.79. The molecule has 0 bridgehead atoms. The molecule has 21 heavy (non-hydrogen) atoms. The second kappa shape index (κ2) is 5.91. The third-order valence-corrected chi connectivity index (χ3v) is 3.95. The maximum absolute atomic E-state index is 12.2. The number of nitrogens with zero attached hydrogens (tertiary/aromatic N) is 1. The van der Waals surface area contributed by atoms with E-state index in [-0.39, 0.29) is 5.91 Å². The number of amides is 1. The van der Waals surface area contributed by atoms with Crippen molar-refractivity contribution in [2.24, 2.45) is 5.73 Å². The fourth-order valence-electron chi connectivity index (χ4n) is 2.73. The monoisotopic (exact) mass is 292 g/mol. The van der Waals surface area contributed by atoms with Crippen LogP contribution < -0.4 is 15.2 Å². The summed E-state index contributed by atoms with van der Waals surface area (Å²) in [5.74, 6) is 1.03. The third-order valence-electron chi connectivity index (χ3n) is 3.95. The zero-order chi connectivity index (χ0) is 14.8. The standard InChI is InChI=1S/C15H20N2O4/c16-13(15(19)17-5-1-2-6-17)14(18)10-3-4-11-12(9-10)21-8-7-20-11/h3-4,9,13-14,18H,1-2,5-8,16H2/t13-,14+/m0/s1. The first-order valence-electron chi connectivity index (χ1n) is 7.29. The van der Waals surface area contributed by atoms with Gasteiger partial charge in [0.25, 0.3) is 0 Å². The molecule has 2 aliphatic rings. The molecule has 1 amide bonds. The second-order valence-electron chi connectivity index (χ2n) is 5.41. The van der Waals surface area contributed by atoms with Crippen LogP contribution in [0.1, 0.15) is 24.5 Å². The largest absolute Gasteiger partial charge is 0.486 e. The zero-order valence-corrected chi connectivity index (χ0v) is 11.8. The molecule has 1 fully saturated rings. The lowest BCUT2D eigenvalue weighted by Crippen LogP contribution is -2.45. The Morgan fingerprint density at radius 1 is 1.19 bits per heavy atom. The van der Waals surface area contributed by atoms with Crippen molar-refractivity contribution in [3.8, 4) is 11.5 Å². The van der Waals surface area contributed by atoms with Crippen LogP contribution in [0.2, 0.25) is 0 Å². The molecule has 1 aromatic carbocycles. The molecule has 2 atom stereocenters. The second-order valence-corrected chi connectivity index (χ2v) is 5.41. The van der Waals surface area contributed by atoms with Gasteiger partial charge in [-0.15, -0.1) is 0 Å². The summed E-state index contributed by atoms with van der Waals surface area (Å²) < 4.78 is 10.9. The van der Waals surface area contributed by atoms with E-state index >= 15 is 0 Å². The smallest absolute Gasteiger partial charge is 0.242 e. The number of ether oxygens (including phenoxy) is 2. The number of nitrogens with two attached hydrogens (primary N) is 1. The lowest BCUT2D eigenvalue weighted by atomic mass is 10.0. The minimum absolute atomic E-state index is 0.199. The number of fused-ring (bicyclic) bond motifs is 1. The molecule has 3 N–H and O–H groups in total. The molecule has 6 nitrogen and oxygen atoms in total. The van der Waals surface area contributed by atoms with E-state index in [2.05, 4.69) is 0 Å². The number of benzene rings is 1. The minimum atomic E-state index is -1.05. The molecule has 2 heterocycles. The highest BCUT2D eigenvalue weighted by molar-refractivity contribution is 5.82. The first-order chi connectivity index (χ1) is 10.2. The minimum Gasteiger partial charge on any atom is -0.486 e. The topological polar surface area (TPSA) is 85.0 Å². The number of carbonyl (C=O) groups excluding carboxylic acids is 1. The van der Waals surface area contributed by atoms with Gasteiger partial charge in [0.15, 0.2) is 11.5 Å². The molecule has 0 radical (unpaired) electrons. The normalized spacial score (nSPS) is 20.2. The van der Waals surface area contributed by atoms with Crippen LogP contribution in [-0.2, 0) is 4.79 Å². The molecule has 0 unspecified atom stereocenters. The van der Waals surface area contributed by atoms with Crippen molar-refractivity contribution in [3.63, 3.8) is 0 Å². The summed E-state index contributed by atoms with van der Waals surface area (Å²) in [6.07, 6.45) is 0.950. The molecule has 114 valence electrons. The number of rotatable bonds is 3. The first kappa shape index (κ1) is 14.2. The molecule has 1 saturated heterocycles. The van der Waals surface area contributed by atoms with Gasteiger partial charge in [-0.1, -0.05) is 6.07 Å². The van der Waals surface area contributed by atoms with Crippen molar-refractivity contribution in [2.45, 2.75) is 25.0 Å². The highest BCUT2D eigenvalue weighted by Crippen LogP contribution is 2.33. The Morgan fingerprint density at radius 2 is 1.86 bits per heavy atom. The molecule has 0 spiro atoms. The van der Waals surface area contributed by atoms with Gasteiger partial charge in [0.05, 0.1) is 0 Å². The number of aliphatic hydroxyl groups excluding tert-OH is 1. The lowest BCUT2D eigenvalue weighted by molar-refractivity contribution is -0.134. The van der Waals surface area contributed by atoms with Gasteiger partial charge < -0.3 is 25.2 Å². The van der Waals surface area contributed by atoms with Gasteiger partial charge in [-0.25, -0.2) is 0 Å². The molecule has 0 saturated carbocycles. The molecule has 3 rings (SSSR count). The zero-order valence-electron chi connectivity index (χ0n) is 11.8. The maximum atomic E-state index is 12.2. The lowest BCUT2D eigenvalue weighted by Gasteiger charge is -2.25. The first-order valence-corrected chi connectivity index (χ1v) is 7.29. The fraction of sp³-hybridized carbons (Fsp3) is 0.533. The van der Waals surface area contributed by atoms with Gasteiger partial charge in [-0.3, -0.25) is 4.79 Å². The van der Waals surface area contributed by atoms with Crippen molar-refractivity contribution < 1.29 is 19.4 Å². The number of hydrogen-bond acceptors (Lipinski definition) is 5. The van der Waals surface area contributed by atoms with E-state index < -0.39 is 12.1 Å². The van der Waals surface area contributed by atoms with Crippen LogP contribution in [0.15, 0.2) is 18.2 Å². The van der Waals surface area contributed by atoms with Crippen molar-refractivity contribution >= 4 is 5.91 Å². The summed E-state index contributed by atoms with van der Waals surface area (Å²) >= 11 is 0. The summed E-state index contributed by atoms with van der Waals surface area (Å²) in [6.45, 7) is 2.44.